The van der Waals surface area contributed by atoms with Gasteiger partial charge in [-0.1, -0.05) is 6.42 Å². The fraction of sp³-hybridized carbons (Fsp3) is 0.933. The van der Waals surface area contributed by atoms with Crippen molar-refractivity contribution in [2.45, 2.75) is 90.1 Å². The molecular weight excluding hydrogens is 208 g/mol. The van der Waals surface area contributed by atoms with E-state index in [2.05, 4.69) is 32.7 Å². The topological polar surface area (TPSA) is 15.6 Å². The van der Waals surface area contributed by atoms with Gasteiger partial charge >= 0.3 is 0 Å². The largest absolute Gasteiger partial charge is 0.286 e. The van der Waals surface area contributed by atoms with E-state index in [1.54, 1.807) is 0 Å². The molecule has 1 aliphatic carbocycles. The van der Waals surface area contributed by atoms with Crippen LogP contribution < -0.4 is 0 Å². The lowest BCUT2D eigenvalue weighted by Gasteiger charge is -2.51. The van der Waals surface area contributed by atoms with Crippen molar-refractivity contribution in [1.29, 1.82) is 0 Å². The van der Waals surface area contributed by atoms with Gasteiger partial charge in [0, 0.05) is 5.71 Å². The highest BCUT2D eigenvalue weighted by atomic mass is 15.5. The average molecular weight is 236 g/mol. The van der Waals surface area contributed by atoms with Crippen LogP contribution in [-0.2, 0) is 0 Å². The molecule has 0 aromatic rings. The van der Waals surface area contributed by atoms with E-state index in [1.807, 2.05) is 0 Å². The van der Waals surface area contributed by atoms with Crippen molar-refractivity contribution < 1.29 is 0 Å². The zero-order valence-electron chi connectivity index (χ0n) is 12.1. The Balaban J connectivity index is 2.19. The molecule has 0 aromatic heterocycles. The Hall–Kier alpha value is -0.530. The summed E-state index contributed by atoms with van der Waals surface area (Å²) in [6, 6.07) is 0. The Morgan fingerprint density at radius 1 is 0.824 bits per heavy atom. The second-order valence-electron chi connectivity index (χ2n) is 7.02. The minimum atomic E-state index is 0.228. The molecule has 0 atom stereocenters. The van der Waals surface area contributed by atoms with Gasteiger partial charge < -0.3 is 0 Å². The predicted molar refractivity (Wildman–Crippen MR) is 74.4 cm³/mol. The van der Waals surface area contributed by atoms with Gasteiger partial charge in [-0.25, -0.2) is 0 Å². The van der Waals surface area contributed by atoms with E-state index in [4.69, 9.17) is 5.10 Å². The molecule has 2 nitrogen and oxygen atoms in total. The second kappa shape index (κ2) is 4.62. The van der Waals surface area contributed by atoms with Gasteiger partial charge in [0.05, 0.1) is 11.1 Å². The minimum absolute atomic E-state index is 0.228. The van der Waals surface area contributed by atoms with Crippen molar-refractivity contribution in [2.75, 3.05) is 0 Å². The molecule has 0 radical (unpaired) electrons. The highest BCUT2D eigenvalue weighted by Gasteiger charge is 2.40. The standard InChI is InChI=1S/C15H28N2/c1-14(2)11-8-12-15(3,4)17(14)16-13-9-6-5-7-10-13/h5-12H2,1-4H3. The first-order valence-electron chi connectivity index (χ1n) is 7.29. The molecular formula is C15H28N2. The highest BCUT2D eigenvalue weighted by Crippen LogP contribution is 2.38. The van der Waals surface area contributed by atoms with Gasteiger partial charge in [0.2, 0.25) is 0 Å². The van der Waals surface area contributed by atoms with Crippen LogP contribution in [0.15, 0.2) is 5.10 Å². The van der Waals surface area contributed by atoms with E-state index in [-0.39, 0.29) is 11.1 Å². The summed E-state index contributed by atoms with van der Waals surface area (Å²) < 4.78 is 0. The molecule has 2 rings (SSSR count). The molecule has 0 bridgehead atoms. The van der Waals surface area contributed by atoms with Crippen LogP contribution >= 0.6 is 0 Å². The first kappa shape index (κ1) is 12.9. The Bertz CT molecular complexity index is 278. The lowest BCUT2D eigenvalue weighted by Crippen LogP contribution is -2.56. The summed E-state index contributed by atoms with van der Waals surface area (Å²) in [5.74, 6) is 0. The quantitative estimate of drug-likeness (QED) is 0.661. The van der Waals surface area contributed by atoms with E-state index < -0.39 is 0 Å². The summed E-state index contributed by atoms with van der Waals surface area (Å²) in [7, 11) is 0. The summed E-state index contributed by atoms with van der Waals surface area (Å²) >= 11 is 0. The van der Waals surface area contributed by atoms with Crippen molar-refractivity contribution >= 4 is 5.71 Å². The van der Waals surface area contributed by atoms with Gasteiger partial charge in [-0.3, -0.25) is 5.01 Å². The van der Waals surface area contributed by atoms with Gasteiger partial charge in [-0.05, 0) is 72.6 Å². The average Bonchev–Trinajstić information content (AvgIpc) is 2.25. The third-order valence-corrected chi connectivity index (χ3v) is 4.40. The number of rotatable bonds is 1. The third-order valence-electron chi connectivity index (χ3n) is 4.40. The van der Waals surface area contributed by atoms with E-state index in [1.165, 1.54) is 57.1 Å². The maximum atomic E-state index is 5.05. The van der Waals surface area contributed by atoms with Crippen molar-refractivity contribution in [1.82, 2.24) is 5.01 Å². The van der Waals surface area contributed by atoms with Crippen molar-refractivity contribution in [2.24, 2.45) is 5.10 Å². The van der Waals surface area contributed by atoms with E-state index >= 15 is 0 Å². The molecule has 1 saturated carbocycles. The number of nitrogens with zero attached hydrogens (tertiary/aromatic N) is 2. The molecule has 98 valence electrons. The molecule has 0 amide bonds. The molecule has 0 unspecified atom stereocenters. The summed E-state index contributed by atoms with van der Waals surface area (Å²) in [6.07, 6.45) is 10.4. The summed E-state index contributed by atoms with van der Waals surface area (Å²) in [5.41, 5.74) is 1.90. The first-order chi connectivity index (χ1) is 7.92. The lowest BCUT2D eigenvalue weighted by atomic mass is 9.81. The van der Waals surface area contributed by atoms with Gasteiger partial charge in [0.15, 0.2) is 0 Å². The molecule has 0 N–H and O–H groups in total. The number of hydrazone groups is 1. The summed E-state index contributed by atoms with van der Waals surface area (Å²) in [5, 5.41) is 7.47. The number of piperidine rings is 1. The normalized spacial score (nSPS) is 28.0. The molecule has 0 spiro atoms. The second-order valence-corrected chi connectivity index (χ2v) is 7.02. The molecule has 2 fully saturated rings. The van der Waals surface area contributed by atoms with Crippen molar-refractivity contribution in [3.63, 3.8) is 0 Å². The lowest BCUT2D eigenvalue weighted by molar-refractivity contribution is -0.0252. The van der Waals surface area contributed by atoms with Crippen molar-refractivity contribution in [3.8, 4) is 0 Å². The Labute approximate surface area is 106 Å². The van der Waals surface area contributed by atoms with Gasteiger partial charge in [0.1, 0.15) is 0 Å². The van der Waals surface area contributed by atoms with Crippen molar-refractivity contribution in [3.05, 3.63) is 0 Å². The maximum absolute atomic E-state index is 5.05. The maximum Gasteiger partial charge on any atom is 0.0529 e. The van der Waals surface area contributed by atoms with E-state index in [0.29, 0.717) is 0 Å². The van der Waals surface area contributed by atoms with Crippen LogP contribution in [0.5, 0.6) is 0 Å². The highest BCUT2D eigenvalue weighted by molar-refractivity contribution is 5.84. The van der Waals surface area contributed by atoms with E-state index in [9.17, 15) is 0 Å². The third kappa shape index (κ3) is 2.83. The molecule has 0 aromatic carbocycles. The van der Waals surface area contributed by atoms with Crippen LogP contribution in [0.4, 0.5) is 0 Å². The van der Waals surface area contributed by atoms with Gasteiger partial charge in [-0.15, -0.1) is 0 Å². The SMILES string of the molecule is CC1(C)CCCC(C)(C)N1N=C1CCCCC1. The zero-order chi connectivity index (χ0) is 12.5. The van der Waals surface area contributed by atoms with Gasteiger partial charge in [0.25, 0.3) is 0 Å². The van der Waals surface area contributed by atoms with Crippen LogP contribution in [0.2, 0.25) is 0 Å². The summed E-state index contributed by atoms with van der Waals surface area (Å²) in [6.45, 7) is 9.39. The molecule has 2 aliphatic rings. The predicted octanol–water partition coefficient (Wildman–Crippen LogP) is 4.35. The Kier molecular flexibility index (Phi) is 3.51. The zero-order valence-corrected chi connectivity index (χ0v) is 12.1. The van der Waals surface area contributed by atoms with Crippen LogP contribution in [0.1, 0.15) is 79.1 Å². The first-order valence-corrected chi connectivity index (χ1v) is 7.29. The molecule has 1 heterocycles. The minimum Gasteiger partial charge on any atom is -0.286 e. The molecule has 1 saturated heterocycles. The Morgan fingerprint density at radius 3 is 1.88 bits per heavy atom. The van der Waals surface area contributed by atoms with E-state index in [0.717, 1.165) is 0 Å². The fourth-order valence-electron chi connectivity index (χ4n) is 3.46. The van der Waals surface area contributed by atoms with Crippen LogP contribution in [0, 0.1) is 0 Å². The van der Waals surface area contributed by atoms with Crippen LogP contribution in [0.3, 0.4) is 0 Å². The number of hydrogen-bond donors (Lipinski definition) is 0. The Morgan fingerprint density at radius 2 is 1.35 bits per heavy atom. The fourth-order valence-corrected chi connectivity index (χ4v) is 3.46. The molecule has 17 heavy (non-hydrogen) atoms. The van der Waals surface area contributed by atoms with Crippen LogP contribution in [-0.4, -0.2) is 21.8 Å². The molecule has 2 heteroatoms. The molecule has 1 aliphatic heterocycles. The van der Waals surface area contributed by atoms with Crippen LogP contribution in [0.25, 0.3) is 0 Å². The smallest absolute Gasteiger partial charge is 0.0529 e. The summed E-state index contributed by atoms with van der Waals surface area (Å²) in [4.78, 5) is 0. The van der Waals surface area contributed by atoms with Gasteiger partial charge in [-0.2, -0.15) is 5.10 Å². The monoisotopic (exact) mass is 236 g/mol. The number of hydrogen-bond acceptors (Lipinski definition) is 2.